The summed E-state index contributed by atoms with van der Waals surface area (Å²) in [5, 5.41) is 2.75. The van der Waals surface area contributed by atoms with Crippen molar-refractivity contribution in [2.24, 2.45) is 4.99 Å². The average Bonchev–Trinajstić information content (AvgIpc) is 3.39. The predicted octanol–water partition coefficient (Wildman–Crippen LogP) is 5.76. The molecule has 5 rings (SSSR count). The standard InChI is InChI=1S/C25H21FN2O2S/c26-19-9-3-6-17(14-19)15-23-24(29)28(16-20-10-5-13-30-20)25(31-23)27-22-12-4-8-18-7-1-2-11-21(18)22/h1-4,6-9,11-12,14-15,20H,5,10,13,16H2/b23-15-,27-25?/t20-/m1/s1. The Morgan fingerprint density at radius 2 is 1.97 bits per heavy atom. The van der Waals surface area contributed by atoms with Crippen LogP contribution in [0.25, 0.3) is 16.8 Å². The molecule has 3 aromatic rings. The quantitative estimate of drug-likeness (QED) is 0.492. The van der Waals surface area contributed by atoms with Gasteiger partial charge in [0.15, 0.2) is 5.17 Å². The number of hydrogen-bond acceptors (Lipinski definition) is 4. The number of halogens is 1. The van der Waals surface area contributed by atoms with Crippen LogP contribution in [-0.4, -0.2) is 35.2 Å². The highest BCUT2D eigenvalue weighted by Gasteiger charge is 2.36. The van der Waals surface area contributed by atoms with E-state index in [0.29, 0.717) is 22.2 Å². The van der Waals surface area contributed by atoms with Gasteiger partial charge in [0.1, 0.15) is 5.82 Å². The van der Waals surface area contributed by atoms with Crippen molar-refractivity contribution in [2.45, 2.75) is 18.9 Å². The third kappa shape index (κ3) is 4.27. The second kappa shape index (κ2) is 8.65. The van der Waals surface area contributed by atoms with Gasteiger partial charge in [-0.3, -0.25) is 9.69 Å². The van der Waals surface area contributed by atoms with Gasteiger partial charge in [-0.25, -0.2) is 9.38 Å². The molecular weight excluding hydrogens is 411 g/mol. The van der Waals surface area contributed by atoms with Crippen molar-refractivity contribution in [1.82, 2.24) is 4.90 Å². The topological polar surface area (TPSA) is 41.9 Å². The number of nitrogens with zero attached hydrogens (tertiary/aromatic N) is 2. The van der Waals surface area contributed by atoms with E-state index in [1.54, 1.807) is 23.1 Å². The van der Waals surface area contributed by atoms with Gasteiger partial charge in [0.2, 0.25) is 0 Å². The van der Waals surface area contributed by atoms with Gasteiger partial charge in [0.25, 0.3) is 5.91 Å². The second-order valence-corrected chi connectivity index (χ2v) is 8.62. The number of thioether (sulfide) groups is 1. The number of rotatable bonds is 4. The Hall–Kier alpha value is -2.96. The van der Waals surface area contributed by atoms with Gasteiger partial charge in [-0.1, -0.05) is 48.5 Å². The molecule has 1 atom stereocenters. The smallest absolute Gasteiger partial charge is 0.266 e. The van der Waals surface area contributed by atoms with Crippen LogP contribution in [0.2, 0.25) is 0 Å². The van der Waals surface area contributed by atoms with Crippen LogP contribution in [0, 0.1) is 5.82 Å². The fourth-order valence-electron chi connectivity index (χ4n) is 3.90. The lowest BCUT2D eigenvalue weighted by Crippen LogP contribution is -2.36. The van der Waals surface area contributed by atoms with Gasteiger partial charge in [-0.05, 0) is 59.8 Å². The van der Waals surface area contributed by atoms with Crippen molar-refractivity contribution >= 4 is 45.4 Å². The molecule has 2 aliphatic rings. The molecule has 2 saturated heterocycles. The maximum absolute atomic E-state index is 13.6. The first-order valence-corrected chi connectivity index (χ1v) is 11.1. The Bertz CT molecular complexity index is 1200. The minimum atomic E-state index is -0.328. The Morgan fingerprint density at radius 1 is 1.13 bits per heavy atom. The largest absolute Gasteiger partial charge is 0.376 e. The first-order valence-electron chi connectivity index (χ1n) is 10.3. The van der Waals surface area contributed by atoms with Crippen molar-refractivity contribution in [3.05, 3.63) is 83.0 Å². The van der Waals surface area contributed by atoms with Crippen LogP contribution >= 0.6 is 11.8 Å². The van der Waals surface area contributed by atoms with Crippen molar-refractivity contribution in [2.75, 3.05) is 13.2 Å². The maximum Gasteiger partial charge on any atom is 0.266 e. The number of benzene rings is 3. The van der Waals surface area contributed by atoms with E-state index < -0.39 is 0 Å². The van der Waals surface area contributed by atoms with Gasteiger partial charge >= 0.3 is 0 Å². The van der Waals surface area contributed by atoms with Gasteiger partial charge in [0.05, 0.1) is 23.2 Å². The van der Waals surface area contributed by atoms with Gasteiger partial charge < -0.3 is 4.74 Å². The number of amidine groups is 1. The van der Waals surface area contributed by atoms with E-state index in [-0.39, 0.29) is 17.8 Å². The average molecular weight is 433 g/mol. The van der Waals surface area contributed by atoms with Crippen LogP contribution in [0.15, 0.2) is 76.6 Å². The summed E-state index contributed by atoms with van der Waals surface area (Å²) in [7, 11) is 0. The monoisotopic (exact) mass is 432 g/mol. The lowest BCUT2D eigenvalue weighted by atomic mass is 10.1. The normalized spacial score (nSPS) is 21.6. The van der Waals surface area contributed by atoms with Crippen LogP contribution in [-0.2, 0) is 9.53 Å². The van der Waals surface area contributed by atoms with Crippen LogP contribution < -0.4 is 0 Å². The van der Waals surface area contributed by atoms with E-state index in [1.165, 1.54) is 23.9 Å². The fourth-order valence-corrected chi connectivity index (χ4v) is 4.90. The number of carbonyl (C=O) groups is 1. The number of fused-ring (bicyclic) bond motifs is 1. The summed E-state index contributed by atoms with van der Waals surface area (Å²) in [6.07, 6.45) is 3.67. The Balaban J connectivity index is 1.54. The number of ether oxygens (including phenoxy) is 1. The molecule has 0 bridgehead atoms. The van der Waals surface area contributed by atoms with Crippen LogP contribution in [0.3, 0.4) is 0 Å². The number of amides is 1. The second-order valence-electron chi connectivity index (χ2n) is 7.61. The Morgan fingerprint density at radius 3 is 2.81 bits per heavy atom. The molecule has 0 N–H and O–H groups in total. The zero-order valence-corrected chi connectivity index (χ0v) is 17.6. The van der Waals surface area contributed by atoms with Crippen LogP contribution in [0.4, 0.5) is 10.1 Å². The van der Waals surface area contributed by atoms with E-state index in [2.05, 4.69) is 0 Å². The summed E-state index contributed by atoms with van der Waals surface area (Å²) >= 11 is 1.32. The lowest BCUT2D eigenvalue weighted by Gasteiger charge is -2.19. The number of carbonyl (C=O) groups excluding carboxylic acids is 1. The molecule has 0 saturated carbocycles. The third-order valence-corrected chi connectivity index (χ3v) is 6.43. The van der Waals surface area contributed by atoms with E-state index in [9.17, 15) is 9.18 Å². The summed E-state index contributed by atoms with van der Waals surface area (Å²) in [6, 6.07) is 20.3. The highest BCUT2D eigenvalue weighted by atomic mass is 32.2. The first-order chi connectivity index (χ1) is 15.2. The summed E-state index contributed by atoms with van der Waals surface area (Å²) in [4.78, 5) is 20.4. The Labute approximate surface area is 184 Å². The van der Waals surface area contributed by atoms with Crippen LogP contribution in [0.5, 0.6) is 0 Å². The molecule has 31 heavy (non-hydrogen) atoms. The zero-order chi connectivity index (χ0) is 21.2. The third-order valence-electron chi connectivity index (χ3n) is 5.43. The van der Waals surface area contributed by atoms with Crippen molar-refractivity contribution in [3.63, 3.8) is 0 Å². The lowest BCUT2D eigenvalue weighted by molar-refractivity contribution is -0.123. The Kier molecular flexibility index (Phi) is 5.57. The van der Waals surface area contributed by atoms with E-state index >= 15 is 0 Å². The minimum Gasteiger partial charge on any atom is -0.376 e. The minimum absolute atomic E-state index is 0.00999. The van der Waals surface area contributed by atoms with Gasteiger partial charge in [-0.2, -0.15) is 0 Å². The predicted molar refractivity (Wildman–Crippen MR) is 124 cm³/mol. The molecule has 0 unspecified atom stereocenters. The summed E-state index contributed by atoms with van der Waals surface area (Å²) in [5.41, 5.74) is 1.47. The molecule has 0 aromatic heterocycles. The summed E-state index contributed by atoms with van der Waals surface area (Å²) in [5.74, 6) is -0.450. The van der Waals surface area contributed by atoms with Gasteiger partial charge in [0, 0.05) is 12.0 Å². The molecule has 156 valence electrons. The molecule has 0 aliphatic carbocycles. The highest BCUT2D eigenvalue weighted by molar-refractivity contribution is 8.18. The number of aliphatic imine (C=N–C) groups is 1. The molecule has 0 spiro atoms. The van der Waals surface area contributed by atoms with E-state index in [4.69, 9.17) is 9.73 Å². The summed E-state index contributed by atoms with van der Waals surface area (Å²) < 4.78 is 19.4. The molecule has 2 fully saturated rings. The van der Waals surface area contributed by atoms with E-state index in [0.717, 1.165) is 35.9 Å². The molecule has 3 aromatic carbocycles. The van der Waals surface area contributed by atoms with Crippen LogP contribution in [0.1, 0.15) is 18.4 Å². The van der Waals surface area contributed by atoms with Gasteiger partial charge in [-0.15, -0.1) is 0 Å². The van der Waals surface area contributed by atoms with Crippen molar-refractivity contribution < 1.29 is 13.9 Å². The molecule has 0 radical (unpaired) electrons. The molecular formula is C25H21FN2O2S. The number of hydrogen-bond donors (Lipinski definition) is 0. The molecule has 2 heterocycles. The van der Waals surface area contributed by atoms with Crippen molar-refractivity contribution in [3.8, 4) is 0 Å². The first kappa shape index (κ1) is 20.0. The molecule has 1 amide bonds. The fraction of sp³-hybridized carbons (Fsp3) is 0.200. The highest BCUT2D eigenvalue weighted by Crippen LogP contribution is 2.36. The molecule has 4 nitrogen and oxygen atoms in total. The van der Waals surface area contributed by atoms with E-state index in [1.807, 2.05) is 42.5 Å². The zero-order valence-electron chi connectivity index (χ0n) is 16.8. The SMILES string of the molecule is O=C1/C(=C/c2cccc(F)c2)SC(=Nc2cccc3ccccc23)N1C[C@H]1CCCO1. The van der Waals surface area contributed by atoms with Crippen molar-refractivity contribution in [1.29, 1.82) is 0 Å². The summed E-state index contributed by atoms with van der Waals surface area (Å²) in [6.45, 7) is 1.19. The maximum atomic E-state index is 13.6. The molecule has 6 heteroatoms. The molecule has 2 aliphatic heterocycles.